The fourth-order valence-corrected chi connectivity index (χ4v) is 3.57. The van der Waals surface area contributed by atoms with Crippen LogP contribution < -0.4 is 10.6 Å². The predicted molar refractivity (Wildman–Crippen MR) is 119 cm³/mol. The average molecular weight is 418 g/mol. The Morgan fingerprint density at radius 1 is 1.17 bits per heavy atom. The molecule has 3 amide bonds. The van der Waals surface area contributed by atoms with Gasteiger partial charge >= 0.3 is 6.03 Å². The molecule has 0 radical (unpaired) electrons. The van der Waals surface area contributed by atoms with E-state index in [0.717, 1.165) is 28.4 Å². The third-order valence-electron chi connectivity index (χ3n) is 4.53. The number of carbonyl (C=O) groups excluding carboxylic acids is 2. The summed E-state index contributed by atoms with van der Waals surface area (Å²) in [5.41, 5.74) is 3.27. The molecule has 0 spiro atoms. The lowest BCUT2D eigenvalue weighted by molar-refractivity contribution is 0.0946. The Balaban J connectivity index is 2.04. The van der Waals surface area contributed by atoms with Crippen LogP contribution in [0.5, 0.6) is 0 Å². The number of anilines is 1. The molecule has 2 rings (SSSR count). The maximum atomic E-state index is 12.9. The first kappa shape index (κ1) is 22.8. The maximum Gasteiger partial charge on any atom is 0.322 e. The van der Waals surface area contributed by atoms with Crippen molar-refractivity contribution < 1.29 is 9.59 Å². The molecule has 2 N–H and O–H groups in total. The third-order valence-corrected chi connectivity index (χ3v) is 5.37. The number of aryl methyl sites for hydroxylation is 2. The highest BCUT2D eigenvalue weighted by molar-refractivity contribution is 7.09. The van der Waals surface area contributed by atoms with E-state index in [1.54, 1.807) is 10.3 Å². The fourth-order valence-electron chi connectivity index (χ4n) is 2.80. The highest BCUT2D eigenvalue weighted by Crippen LogP contribution is 2.21. The van der Waals surface area contributed by atoms with Crippen molar-refractivity contribution in [3.63, 3.8) is 0 Å². The number of aromatic nitrogens is 1. The zero-order valence-corrected chi connectivity index (χ0v) is 18.9. The van der Waals surface area contributed by atoms with Crippen molar-refractivity contribution in [2.24, 2.45) is 0 Å². The van der Waals surface area contributed by atoms with Gasteiger partial charge in [-0.05, 0) is 52.9 Å². The van der Waals surface area contributed by atoms with Crippen LogP contribution in [0, 0.1) is 13.8 Å². The summed E-state index contributed by atoms with van der Waals surface area (Å²) in [6.45, 7) is 9.57. The molecular formula is C21H31N5O2S. The van der Waals surface area contributed by atoms with E-state index in [0.29, 0.717) is 18.8 Å². The van der Waals surface area contributed by atoms with Crippen LogP contribution in [0.15, 0.2) is 23.6 Å². The third kappa shape index (κ3) is 6.54. The van der Waals surface area contributed by atoms with E-state index in [4.69, 9.17) is 0 Å². The molecule has 8 heteroatoms. The monoisotopic (exact) mass is 417 g/mol. The second kappa shape index (κ2) is 10.4. The smallest absolute Gasteiger partial charge is 0.322 e. The Labute approximate surface area is 177 Å². The van der Waals surface area contributed by atoms with Gasteiger partial charge in [0.2, 0.25) is 0 Å². The molecule has 2 aromatic rings. The van der Waals surface area contributed by atoms with Gasteiger partial charge in [-0.1, -0.05) is 18.2 Å². The predicted octanol–water partition coefficient (Wildman–Crippen LogP) is 3.49. The van der Waals surface area contributed by atoms with E-state index in [9.17, 15) is 9.59 Å². The van der Waals surface area contributed by atoms with Crippen molar-refractivity contribution in [3.8, 4) is 0 Å². The Morgan fingerprint density at radius 3 is 2.41 bits per heavy atom. The van der Waals surface area contributed by atoms with Crippen LogP contribution in [0.25, 0.3) is 0 Å². The van der Waals surface area contributed by atoms with Gasteiger partial charge in [0.05, 0.1) is 6.54 Å². The molecule has 0 saturated carbocycles. The molecule has 1 aromatic carbocycles. The largest absolute Gasteiger partial charge is 0.349 e. The quantitative estimate of drug-likeness (QED) is 0.689. The summed E-state index contributed by atoms with van der Waals surface area (Å²) in [5.74, 6) is -0.189. The van der Waals surface area contributed by atoms with Gasteiger partial charge in [-0.15, -0.1) is 11.3 Å². The molecule has 29 heavy (non-hydrogen) atoms. The molecule has 0 atom stereocenters. The van der Waals surface area contributed by atoms with E-state index >= 15 is 0 Å². The number of benzene rings is 1. The lowest BCUT2D eigenvalue weighted by Gasteiger charge is -2.27. The van der Waals surface area contributed by atoms with Crippen LogP contribution >= 0.6 is 11.3 Å². The molecule has 1 heterocycles. The molecule has 0 unspecified atom stereocenters. The second-order valence-corrected chi connectivity index (χ2v) is 8.55. The molecule has 0 saturated heterocycles. The van der Waals surface area contributed by atoms with Gasteiger partial charge < -0.3 is 20.4 Å². The number of likely N-dealkylation sites (N-methyl/N-ethyl adjacent to an activating group) is 1. The molecule has 7 nitrogen and oxygen atoms in total. The number of urea groups is 1. The minimum atomic E-state index is -0.189. The number of carbonyl (C=O) groups is 2. The summed E-state index contributed by atoms with van der Waals surface area (Å²) in [6.07, 6.45) is 0. The van der Waals surface area contributed by atoms with E-state index in [1.165, 1.54) is 11.3 Å². The van der Waals surface area contributed by atoms with Crippen LogP contribution in [0.4, 0.5) is 10.5 Å². The molecular weight excluding hydrogens is 386 g/mol. The summed E-state index contributed by atoms with van der Waals surface area (Å²) in [4.78, 5) is 33.3. The maximum absolute atomic E-state index is 12.9. The zero-order chi connectivity index (χ0) is 21.6. The highest BCUT2D eigenvalue weighted by atomic mass is 32.1. The van der Waals surface area contributed by atoms with Crippen LogP contribution in [-0.4, -0.2) is 59.9 Å². The summed E-state index contributed by atoms with van der Waals surface area (Å²) in [6, 6.07) is 5.74. The first-order chi connectivity index (χ1) is 13.7. The van der Waals surface area contributed by atoms with Crippen LogP contribution in [-0.2, 0) is 6.54 Å². The lowest BCUT2D eigenvalue weighted by Crippen LogP contribution is -2.39. The molecule has 158 valence electrons. The molecule has 0 aliphatic carbocycles. The van der Waals surface area contributed by atoms with Crippen LogP contribution in [0.2, 0.25) is 0 Å². The number of rotatable bonds is 8. The molecule has 0 aliphatic rings. The summed E-state index contributed by atoms with van der Waals surface area (Å²) in [5, 5.41) is 8.35. The lowest BCUT2D eigenvalue weighted by atomic mass is 10.1. The number of hydrogen-bond acceptors (Lipinski definition) is 5. The number of hydrogen-bond donors (Lipinski definition) is 2. The Kier molecular flexibility index (Phi) is 8.16. The second-order valence-electron chi connectivity index (χ2n) is 7.60. The van der Waals surface area contributed by atoms with Crippen LogP contribution in [0.3, 0.4) is 0 Å². The number of amides is 3. The highest BCUT2D eigenvalue weighted by Gasteiger charge is 2.21. The van der Waals surface area contributed by atoms with Crippen LogP contribution in [0.1, 0.15) is 40.5 Å². The van der Waals surface area contributed by atoms with Crippen molar-refractivity contribution >= 4 is 29.0 Å². The average Bonchev–Trinajstić information content (AvgIpc) is 3.11. The van der Waals surface area contributed by atoms with Gasteiger partial charge in [-0.2, -0.15) is 0 Å². The van der Waals surface area contributed by atoms with E-state index in [2.05, 4.69) is 15.6 Å². The van der Waals surface area contributed by atoms with Crippen molar-refractivity contribution in [3.05, 3.63) is 45.4 Å². The zero-order valence-electron chi connectivity index (χ0n) is 18.1. The Bertz CT molecular complexity index is 827. The fraction of sp³-hybridized carbons (Fsp3) is 0.476. The van der Waals surface area contributed by atoms with E-state index in [1.807, 2.05) is 64.9 Å². The Morgan fingerprint density at radius 2 is 1.83 bits per heavy atom. The molecule has 1 aromatic heterocycles. The number of nitrogens with one attached hydrogen (secondary N) is 2. The minimum absolute atomic E-state index is 0.0133. The van der Waals surface area contributed by atoms with Gasteiger partial charge in [0.25, 0.3) is 5.91 Å². The van der Waals surface area contributed by atoms with E-state index in [-0.39, 0.29) is 18.0 Å². The van der Waals surface area contributed by atoms with Gasteiger partial charge in [-0.3, -0.25) is 4.79 Å². The summed E-state index contributed by atoms with van der Waals surface area (Å²) < 4.78 is 0. The first-order valence-electron chi connectivity index (χ1n) is 9.70. The van der Waals surface area contributed by atoms with Gasteiger partial charge in [0, 0.05) is 30.2 Å². The van der Waals surface area contributed by atoms with E-state index < -0.39 is 0 Å². The van der Waals surface area contributed by atoms with Crippen molar-refractivity contribution in [1.82, 2.24) is 20.1 Å². The van der Waals surface area contributed by atoms with Gasteiger partial charge in [-0.25, -0.2) is 9.78 Å². The SMILES string of the molecule is Cc1cccc(C)c1NC(=O)N(Cc1nc(C(=O)NCCN(C)C)cs1)C(C)C. The topological polar surface area (TPSA) is 77.6 Å². The summed E-state index contributed by atoms with van der Waals surface area (Å²) >= 11 is 1.39. The number of thiazole rings is 1. The van der Waals surface area contributed by atoms with Crippen molar-refractivity contribution in [2.45, 2.75) is 40.3 Å². The molecule has 0 bridgehead atoms. The number of nitrogens with zero attached hydrogens (tertiary/aromatic N) is 3. The standard InChI is InChI=1S/C21H31N5O2S/c1-14(2)26(21(28)24-19-15(3)8-7-9-16(19)4)12-18-23-17(13-29-18)20(27)22-10-11-25(5)6/h7-9,13-14H,10-12H2,1-6H3,(H,22,27)(H,24,28). The molecule has 0 fully saturated rings. The minimum Gasteiger partial charge on any atom is -0.349 e. The molecule has 0 aliphatic heterocycles. The van der Waals surface area contributed by atoms with Gasteiger partial charge in [0.15, 0.2) is 0 Å². The Hall–Kier alpha value is -2.45. The normalized spacial score (nSPS) is 11.0. The number of para-hydroxylation sites is 1. The first-order valence-corrected chi connectivity index (χ1v) is 10.6. The summed E-state index contributed by atoms with van der Waals surface area (Å²) in [7, 11) is 3.91. The van der Waals surface area contributed by atoms with Gasteiger partial charge in [0.1, 0.15) is 10.7 Å². The van der Waals surface area contributed by atoms with Crippen molar-refractivity contribution in [2.75, 3.05) is 32.5 Å². The van der Waals surface area contributed by atoms with Crippen molar-refractivity contribution in [1.29, 1.82) is 0 Å².